The van der Waals surface area contributed by atoms with E-state index in [-0.39, 0.29) is 29.1 Å². The summed E-state index contributed by atoms with van der Waals surface area (Å²) in [5.41, 5.74) is -0.0606. The van der Waals surface area contributed by atoms with E-state index in [4.69, 9.17) is 4.74 Å². The zero-order valence-corrected chi connectivity index (χ0v) is 17.3. The molecule has 2 heterocycles. The van der Waals surface area contributed by atoms with Crippen LogP contribution in [0.4, 0.5) is 5.69 Å². The van der Waals surface area contributed by atoms with Crippen molar-refractivity contribution in [3.8, 4) is 0 Å². The van der Waals surface area contributed by atoms with Crippen molar-refractivity contribution in [3.63, 3.8) is 0 Å². The number of esters is 1. The van der Waals surface area contributed by atoms with Crippen molar-refractivity contribution in [3.05, 3.63) is 68.5 Å². The van der Waals surface area contributed by atoms with Crippen LogP contribution >= 0.6 is 0 Å². The molecule has 1 N–H and O–H groups in total. The third kappa shape index (κ3) is 3.98. The number of para-hydroxylation sites is 1. The van der Waals surface area contributed by atoms with Crippen LogP contribution in [0.1, 0.15) is 41.7 Å². The third-order valence-corrected chi connectivity index (χ3v) is 5.16. The summed E-state index contributed by atoms with van der Waals surface area (Å²) in [6, 6.07) is 10.3. The van der Waals surface area contributed by atoms with E-state index in [0.29, 0.717) is 11.4 Å². The van der Waals surface area contributed by atoms with E-state index < -0.39 is 29.7 Å². The Labute approximate surface area is 177 Å². The maximum atomic E-state index is 13.2. The summed E-state index contributed by atoms with van der Waals surface area (Å²) >= 11 is 0. The van der Waals surface area contributed by atoms with Crippen LogP contribution in [-0.2, 0) is 23.1 Å². The molecule has 0 aliphatic heterocycles. The van der Waals surface area contributed by atoms with Gasteiger partial charge in [0.15, 0.2) is 0 Å². The molecule has 1 aliphatic rings. The van der Waals surface area contributed by atoms with Gasteiger partial charge in [0, 0.05) is 24.3 Å². The molecule has 3 aromatic rings. The molecule has 0 saturated heterocycles. The molecule has 0 bridgehead atoms. The average molecular weight is 422 g/mol. The Morgan fingerprint density at radius 3 is 2.55 bits per heavy atom. The first-order valence-corrected chi connectivity index (χ1v) is 10.1. The van der Waals surface area contributed by atoms with Crippen molar-refractivity contribution < 1.29 is 14.3 Å². The summed E-state index contributed by atoms with van der Waals surface area (Å²) in [5, 5.41) is 2.62. The van der Waals surface area contributed by atoms with E-state index in [0.717, 1.165) is 17.4 Å². The standard InChI is InChI=1S/C22H22N4O5/c1-3-31-21(29)15-11-16(13-9-10-13)24-19-18(15)20(28)26(22(30)25(19)2)12-17(27)23-14-7-5-4-6-8-14/h4-8,11,13H,3,9-10,12H2,1-2H3,(H,23,27). The smallest absolute Gasteiger partial charge is 0.339 e. The maximum absolute atomic E-state index is 13.2. The number of rotatable bonds is 6. The fraction of sp³-hybridized carbons (Fsp3) is 0.318. The number of carbonyl (C=O) groups is 2. The van der Waals surface area contributed by atoms with E-state index in [1.54, 1.807) is 43.3 Å². The minimum atomic E-state index is -0.751. The van der Waals surface area contributed by atoms with Gasteiger partial charge in [0.05, 0.1) is 17.6 Å². The van der Waals surface area contributed by atoms with Crippen LogP contribution in [0.5, 0.6) is 0 Å². The van der Waals surface area contributed by atoms with Gasteiger partial charge < -0.3 is 10.1 Å². The molecule has 9 nitrogen and oxygen atoms in total. The molecular formula is C22H22N4O5. The molecule has 1 amide bonds. The van der Waals surface area contributed by atoms with Gasteiger partial charge in [0.2, 0.25) is 5.91 Å². The number of benzene rings is 1. The molecule has 1 fully saturated rings. The highest BCUT2D eigenvalue weighted by Crippen LogP contribution is 2.39. The molecule has 9 heteroatoms. The number of pyridine rings is 1. The zero-order chi connectivity index (χ0) is 22.1. The SMILES string of the molecule is CCOC(=O)c1cc(C2CC2)nc2c1c(=O)n(CC(=O)Nc1ccccc1)c(=O)n2C. The fourth-order valence-electron chi connectivity index (χ4n) is 3.46. The van der Waals surface area contributed by atoms with Crippen molar-refractivity contribution in [1.29, 1.82) is 0 Å². The quantitative estimate of drug-likeness (QED) is 0.606. The highest BCUT2D eigenvalue weighted by atomic mass is 16.5. The fourth-order valence-corrected chi connectivity index (χ4v) is 3.46. The summed E-state index contributed by atoms with van der Waals surface area (Å²) < 4.78 is 7.14. The minimum absolute atomic E-state index is 0.0301. The molecule has 1 saturated carbocycles. The van der Waals surface area contributed by atoms with Crippen molar-refractivity contribution in [2.45, 2.75) is 32.2 Å². The van der Waals surface area contributed by atoms with Crippen LogP contribution in [0.3, 0.4) is 0 Å². The van der Waals surface area contributed by atoms with Gasteiger partial charge in [-0.1, -0.05) is 18.2 Å². The number of aromatic nitrogens is 3. The van der Waals surface area contributed by atoms with Crippen molar-refractivity contribution in [2.24, 2.45) is 7.05 Å². The Bertz CT molecular complexity index is 1290. The molecule has 4 rings (SSSR count). The van der Waals surface area contributed by atoms with Gasteiger partial charge in [0.1, 0.15) is 12.2 Å². The number of anilines is 1. The second kappa shape index (κ2) is 8.17. The number of hydrogen-bond acceptors (Lipinski definition) is 6. The summed E-state index contributed by atoms with van der Waals surface area (Å²) in [5.74, 6) is -0.996. The van der Waals surface area contributed by atoms with E-state index >= 15 is 0 Å². The number of ether oxygens (including phenoxy) is 1. The van der Waals surface area contributed by atoms with Crippen molar-refractivity contribution in [2.75, 3.05) is 11.9 Å². The Balaban J connectivity index is 1.83. The lowest BCUT2D eigenvalue weighted by Gasteiger charge is -2.14. The molecule has 0 spiro atoms. The number of fused-ring (bicyclic) bond motifs is 1. The van der Waals surface area contributed by atoms with Gasteiger partial charge in [-0.2, -0.15) is 0 Å². The molecule has 2 aromatic heterocycles. The second-order valence-electron chi connectivity index (χ2n) is 7.44. The Morgan fingerprint density at radius 2 is 1.90 bits per heavy atom. The van der Waals surface area contributed by atoms with E-state index in [9.17, 15) is 19.2 Å². The molecule has 31 heavy (non-hydrogen) atoms. The summed E-state index contributed by atoms with van der Waals surface area (Å²) in [6.45, 7) is 1.31. The van der Waals surface area contributed by atoms with Gasteiger partial charge in [-0.15, -0.1) is 0 Å². The topological polar surface area (TPSA) is 112 Å². The van der Waals surface area contributed by atoms with Crippen LogP contribution in [0, 0.1) is 0 Å². The van der Waals surface area contributed by atoms with Gasteiger partial charge in [-0.05, 0) is 38.0 Å². The van der Waals surface area contributed by atoms with E-state index in [1.165, 1.54) is 11.6 Å². The first kappa shape index (κ1) is 20.5. The number of amides is 1. The Morgan fingerprint density at radius 1 is 1.19 bits per heavy atom. The normalized spacial score (nSPS) is 13.2. The van der Waals surface area contributed by atoms with Crippen molar-refractivity contribution in [1.82, 2.24) is 14.1 Å². The molecule has 0 radical (unpaired) electrons. The number of nitrogens with zero attached hydrogens (tertiary/aromatic N) is 3. The van der Waals surface area contributed by atoms with Crippen LogP contribution in [0.15, 0.2) is 46.0 Å². The molecule has 1 aromatic carbocycles. The molecule has 160 valence electrons. The van der Waals surface area contributed by atoms with Crippen LogP contribution in [0.25, 0.3) is 11.0 Å². The highest BCUT2D eigenvalue weighted by Gasteiger charge is 2.29. The predicted octanol–water partition coefficient (Wildman–Crippen LogP) is 1.79. The third-order valence-electron chi connectivity index (χ3n) is 5.16. The number of aryl methyl sites for hydroxylation is 1. The van der Waals surface area contributed by atoms with E-state index in [2.05, 4.69) is 10.3 Å². The second-order valence-corrected chi connectivity index (χ2v) is 7.44. The zero-order valence-electron chi connectivity index (χ0n) is 17.3. The Kier molecular flexibility index (Phi) is 5.41. The monoisotopic (exact) mass is 422 g/mol. The predicted molar refractivity (Wildman–Crippen MR) is 114 cm³/mol. The summed E-state index contributed by atoms with van der Waals surface area (Å²) in [7, 11) is 1.47. The van der Waals surface area contributed by atoms with Gasteiger partial charge in [0.25, 0.3) is 5.56 Å². The molecular weight excluding hydrogens is 400 g/mol. The highest BCUT2D eigenvalue weighted by molar-refractivity contribution is 6.02. The van der Waals surface area contributed by atoms with Crippen LogP contribution in [-0.4, -0.2) is 32.6 Å². The van der Waals surface area contributed by atoms with Gasteiger partial charge >= 0.3 is 11.7 Å². The van der Waals surface area contributed by atoms with Crippen molar-refractivity contribution >= 4 is 28.6 Å². The molecule has 0 atom stereocenters. The Hall–Kier alpha value is -3.75. The maximum Gasteiger partial charge on any atom is 0.339 e. The molecule has 0 unspecified atom stereocenters. The number of hydrogen-bond donors (Lipinski definition) is 1. The first-order valence-electron chi connectivity index (χ1n) is 10.1. The number of nitrogens with one attached hydrogen (secondary N) is 1. The first-order chi connectivity index (χ1) is 14.9. The van der Waals surface area contributed by atoms with E-state index in [1.807, 2.05) is 0 Å². The summed E-state index contributed by atoms with van der Waals surface area (Å²) in [6.07, 6.45) is 1.87. The lowest BCUT2D eigenvalue weighted by molar-refractivity contribution is -0.116. The van der Waals surface area contributed by atoms with Gasteiger partial charge in [-0.25, -0.2) is 14.6 Å². The summed E-state index contributed by atoms with van der Waals surface area (Å²) in [4.78, 5) is 55.7. The number of carbonyl (C=O) groups excluding carboxylic acids is 2. The molecule has 1 aliphatic carbocycles. The minimum Gasteiger partial charge on any atom is -0.462 e. The van der Waals surface area contributed by atoms with Crippen LogP contribution < -0.4 is 16.6 Å². The largest absolute Gasteiger partial charge is 0.462 e. The average Bonchev–Trinajstić information content (AvgIpc) is 3.60. The lowest BCUT2D eigenvalue weighted by atomic mass is 10.1. The lowest BCUT2D eigenvalue weighted by Crippen LogP contribution is -2.42. The van der Waals surface area contributed by atoms with Gasteiger partial charge in [-0.3, -0.25) is 18.7 Å². The van der Waals surface area contributed by atoms with Crippen LogP contribution in [0.2, 0.25) is 0 Å².